The zero-order valence-corrected chi connectivity index (χ0v) is 12.9. The maximum atomic E-state index is 12.1. The average molecular weight is 302 g/mol. The van der Waals surface area contributed by atoms with Gasteiger partial charge in [-0.3, -0.25) is 4.79 Å². The third-order valence-corrected chi connectivity index (χ3v) is 3.14. The molecule has 2 rings (SSSR count). The molecule has 1 aromatic carbocycles. The highest BCUT2D eigenvalue weighted by atomic mass is 16.6. The lowest BCUT2D eigenvalue weighted by molar-refractivity contribution is 0.0900. The van der Waals surface area contributed by atoms with Crippen molar-refractivity contribution in [1.82, 2.24) is 5.32 Å². The molecule has 2 aromatic rings. The van der Waals surface area contributed by atoms with Crippen LogP contribution in [0.15, 0.2) is 46.9 Å². The van der Waals surface area contributed by atoms with Crippen LogP contribution in [-0.2, 0) is 0 Å². The molecule has 0 aliphatic rings. The molecular weight excluding hydrogens is 280 g/mol. The first-order valence-electron chi connectivity index (χ1n) is 7.42. The van der Waals surface area contributed by atoms with Crippen molar-refractivity contribution in [2.75, 3.05) is 6.54 Å². The molecule has 0 saturated heterocycles. The van der Waals surface area contributed by atoms with E-state index in [9.17, 15) is 4.79 Å². The highest BCUT2D eigenvalue weighted by molar-refractivity contribution is 5.91. The number of amides is 1. The predicted octanol–water partition coefficient (Wildman–Crippen LogP) is 3.18. The number of hydrogen-bond acceptors (Lipinski definition) is 4. The highest BCUT2D eigenvalue weighted by Gasteiger charge is 2.17. The molecule has 22 heavy (non-hydrogen) atoms. The van der Waals surface area contributed by atoms with E-state index in [0.29, 0.717) is 18.2 Å². The number of hydrogen-bond donors (Lipinski definition) is 2. The third-order valence-electron chi connectivity index (χ3n) is 3.14. The van der Waals surface area contributed by atoms with Crippen LogP contribution in [0.1, 0.15) is 30.8 Å². The number of nitrogens with one attached hydrogen (secondary N) is 1. The van der Waals surface area contributed by atoms with E-state index < -0.39 is 0 Å². The van der Waals surface area contributed by atoms with Gasteiger partial charge >= 0.3 is 0 Å². The molecule has 1 unspecified atom stereocenters. The summed E-state index contributed by atoms with van der Waals surface area (Å²) < 4.78 is 11.0. The van der Waals surface area contributed by atoms with Gasteiger partial charge in [0.1, 0.15) is 5.75 Å². The molecule has 1 aromatic heterocycles. The van der Waals surface area contributed by atoms with Crippen LogP contribution in [0.4, 0.5) is 0 Å². The zero-order valence-electron chi connectivity index (χ0n) is 12.9. The molecule has 0 bridgehead atoms. The van der Waals surface area contributed by atoms with Crippen molar-refractivity contribution in [3.8, 4) is 11.7 Å². The third kappa shape index (κ3) is 4.63. The van der Waals surface area contributed by atoms with Gasteiger partial charge in [-0.15, -0.1) is 0 Å². The summed E-state index contributed by atoms with van der Waals surface area (Å²) >= 11 is 0. The quantitative estimate of drug-likeness (QED) is 0.823. The summed E-state index contributed by atoms with van der Waals surface area (Å²) in [7, 11) is 0. The van der Waals surface area contributed by atoms with Gasteiger partial charge in [0, 0.05) is 18.7 Å². The molecule has 0 aliphatic carbocycles. The van der Waals surface area contributed by atoms with E-state index >= 15 is 0 Å². The molecule has 1 atom stereocenters. The van der Waals surface area contributed by atoms with Crippen molar-refractivity contribution in [2.45, 2.75) is 26.3 Å². The summed E-state index contributed by atoms with van der Waals surface area (Å²) in [6.07, 6.45) is 0.830. The minimum absolute atomic E-state index is 0.0592. The largest absolute Gasteiger partial charge is 0.426 e. The number of nitrogens with two attached hydrogens (primary N) is 1. The van der Waals surface area contributed by atoms with Gasteiger partial charge in [0.25, 0.3) is 11.9 Å². The molecule has 5 nitrogen and oxygen atoms in total. The van der Waals surface area contributed by atoms with Gasteiger partial charge in [-0.1, -0.05) is 32.0 Å². The van der Waals surface area contributed by atoms with E-state index in [4.69, 9.17) is 14.9 Å². The minimum atomic E-state index is -0.279. The van der Waals surface area contributed by atoms with Gasteiger partial charge in [-0.05, 0) is 30.5 Å². The second-order valence-electron chi connectivity index (χ2n) is 5.57. The Morgan fingerprint density at radius 1 is 1.23 bits per heavy atom. The second-order valence-corrected chi connectivity index (χ2v) is 5.57. The monoisotopic (exact) mass is 302 g/mol. The normalized spacial score (nSPS) is 12.2. The van der Waals surface area contributed by atoms with E-state index in [1.165, 1.54) is 0 Å². The molecule has 0 spiro atoms. The first-order valence-corrected chi connectivity index (χ1v) is 7.42. The highest BCUT2D eigenvalue weighted by Crippen LogP contribution is 2.23. The zero-order chi connectivity index (χ0) is 15.9. The van der Waals surface area contributed by atoms with Crippen LogP contribution in [0.3, 0.4) is 0 Å². The fourth-order valence-electron chi connectivity index (χ4n) is 2.14. The summed E-state index contributed by atoms with van der Waals surface area (Å²) in [5, 5.41) is 2.88. The molecule has 3 N–H and O–H groups in total. The van der Waals surface area contributed by atoms with Crippen molar-refractivity contribution in [1.29, 1.82) is 0 Å². The van der Waals surface area contributed by atoms with Gasteiger partial charge in [0.05, 0.1) is 0 Å². The van der Waals surface area contributed by atoms with E-state index in [2.05, 4.69) is 19.2 Å². The van der Waals surface area contributed by atoms with Crippen LogP contribution in [0, 0.1) is 5.92 Å². The Morgan fingerprint density at radius 3 is 2.59 bits per heavy atom. The molecule has 0 saturated carbocycles. The van der Waals surface area contributed by atoms with Crippen LogP contribution in [0.5, 0.6) is 11.7 Å². The van der Waals surface area contributed by atoms with Gasteiger partial charge in [-0.2, -0.15) is 0 Å². The van der Waals surface area contributed by atoms with Crippen molar-refractivity contribution in [3.63, 3.8) is 0 Å². The molecular formula is C17H22N2O3. The number of carbonyl (C=O) groups is 1. The molecule has 1 heterocycles. The number of rotatable bonds is 7. The second kappa shape index (κ2) is 7.66. The number of para-hydroxylation sites is 1. The number of furan rings is 1. The van der Waals surface area contributed by atoms with Crippen LogP contribution < -0.4 is 15.8 Å². The lowest BCUT2D eigenvalue weighted by Crippen LogP contribution is -2.40. The van der Waals surface area contributed by atoms with Crippen LogP contribution in [-0.4, -0.2) is 18.5 Å². The molecule has 0 radical (unpaired) electrons. The Morgan fingerprint density at radius 2 is 1.95 bits per heavy atom. The number of benzene rings is 1. The van der Waals surface area contributed by atoms with E-state index in [1.54, 1.807) is 12.1 Å². The first-order chi connectivity index (χ1) is 10.6. The van der Waals surface area contributed by atoms with Gasteiger partial charge in [-0.25, -0.2) is 0 Å². The van der Waals surface area contributed by atoms with Crippen molar-refractivity contribution in [3.05, 3.63) is 48.2 Å². The number of carbonyl (C=O) groups excluding carboxylic acids is 1. The van der Waals surface area contributed by atoms with E-state index in [-0.39, 0.29) is 23.7 Å². The maximum Gasteiger partial charge on any atom is 0.290 e. The van der Waals surface area contributed by atoms with Crippen molar-refractivity contribution >= 4 is 5.91 Å². The molecule has 118 valence electrons. The Hall–Kier alpha value is -2.27. The summed E-state index contributed by atoms with van der Waals surface area (Å²) in [6, 6.07) is 12.4. The molecule has 5 heteroatoms. The van der Waals surface area contributed by atoms with Crippen molar-refractivity contribution in [2.24, 2.45) is 11.7 Å². The Balaban J connectivity index is 1.96. The number of ether oxygens (including phenoxy) is 1. The SMILES string of the molecule is CC(C)CC(CN)NC(=O)c1ccc(Oc2ccccc2)o1. The van der Waals surface area contributed by atoms with Crippen LogP contribution in [0.25, 0.3) is 0 Å². The Kier molecular flexibility index (Phi) is 5.61. The summed E-state index contributed by atoms with van der Waals surface area (Å²) in [5.74, 6) is 1.34. The average Bonchev–Trinajstić information content (AvgIpc) is 2.95. The molecule has 1 amide bonds. The minimum Gasteiger partial charge on any atom is -0.426 e. The topological polar surface area (TPSA) is 77.5 Å². The van der Waals surface area contributed by atoms with Gasteiger partial charge < -0.3 is 20.2 Å². The van der Waals surface area contributed by atoms with Gasteiger partial charge in [0.2, 0.25) is 0 Å². The summed E-state index contributed by atoms with van der Waals surface area (Å²) in [5.41, 5.74) is 5.68. The maximum absolute atomic E-state index is 12.1. The Labute approximate surface area is 130 Å². The summed E-state index contributed by atoms with van der Waals surface area (Å²) in [6.45, 7) is 4.58. The molecule has 0 aliphatic heterocycles. The van der Waals surface area contributed by atoms with Crippen LogP contribution in [0.2, 0.25) is 0 Å². The standard InChI is InChI=1S/C17H22N2O3/c1-12(2)10-13(11-18)19-17(20)15-8-9-16(22-15)21-14-6-4-3-5-7-14/h3-9,12-13H,10-11,18H2,1-2H3,(H,19,20). The van der Waals surface area contributed by atoms with E-state index in [0.717, 1.165) is 6.42 Å². The Bertz CT molecular complexity index is 593. The smallest absolute Gasteiger partial charge is 0.290 e. The first kappa shape index (κ1) is 16.1. The lowest BCUT2D eigenvalue weighted by atomic mass is 10.0. The van der Waals surface area contributed by atoms with Crippen molar-refractivity contribution < 1.29 is 13.9 Å². The summed E-state index contributed by atoms with van der Waals surface area (Å²) in [4.78, 5) is 12.1. The fraction of sp³-hybridized carbons (Fsp3) is 0.353. The van der Waals surface area contributed by atoms with Crippen LogP contribution >= 0.6 is 0 Å². The van der Waals surface area contributed by atoms with Gasteiger partial charge in [0.15, 0.2) is 5.76 Å². The predicted molar refractivity (Wildman–Crippen MR) is 85.0 cm³/mol. The fourth-order valence-corrected chi connectivity index (χ4v) is 2.14. The lowest BCUT2D eigenvalue weighted by Gasteiger charge is -2.17. The molecule has 0 fully saturated rings. The van der Waals surface area contributed by atoms with E-state index in [1.807, 2.05) is 30.3 Å².